The molecule has 0 bridgehead atoms. The van der Waals surface area contributed by atoms with Gasteiger partial charge in [0.15, 0.2) is 5.65 Å². The third kappa shape index (κ3) is 1.22. The lowest BCUT2D eigenvalue weighted by molar-refractivity contribution is 0.478. The van der Waals surface area contributed by atoms with Crippen LogP contribution in [-0.2, 0) is 0 Å². The van der Waals surface area contributed by atoms with Crippen LogP contribution in [0.4, 0.5) is 0 Å². The highest BCUT2D eigenvalue weighted by Crippen LogP contribution is 2.30. The lowest BCUT2D eigenvalue weighted by Crippen LogP contribution is -1.82. The number of nitrogens with one attached hydrogen (secondary N) is 1. The Morgan fingerprint density at radius 1 is 1.12 bits per heavy atom. The molecule has 0 radical (unpaired) electrons. The molecule has 78 valence electrons. The number of hydrogen-bond donors (Lipinski definition) is 2. The van der Waals surface area contributed by atoms with Crippen molar-refractivity contribution in [2.75, 3.05) is 0 Å². The summed E-state index contributed by atoms with van der Waals surface area (Å²) in [7, 11) is 0. The molecule has 0 aliphatic heterocycles. The first-order valence-electron chi connectivity index (χ1n) is 4.80. The van der Waals surface area contributed by atoms with E-state index in [9.17, 15) is 5.11 Å². The van der Waals surface area contributed by atoms with Gasteiger partial charge in [-0.25, -0.2) is 0 Å². The van der Waals surface area contributed by atoms with E-state index in [0.717, 1.165) is 5.56 Å². The maximum Gasteiger partial charge on any atom is 0.182 e. The van der Waals surface area contributed by atoms with Crippen LogP contribution in [0, 0.1) is 0 Å². The Morgan fingerprint density at radius 2 is 1.94 bits per heavy atom. The smallest absolute Gasteiger partial charge is 0.182 e. The molecule has 0 atom stereocenters. The first-order valence-corrected chi connectivity index (χ1v) is 4.80. The van der Waals surface area contributed by atoms with Crippen LogP contribution in [0.15, 0.2) is 36.5 Å². The topological polar surface area (TPSA) is 74.7 Å². The van der Waals surface area contributed by atoms with Crippen LogP contribution in [0.1, 0.15) is 0 Å². The summed E-state index contributed by atoms with van der Waals surface area (Å²) in [6.45, 7) is 0. The standard InChI is InChI=1S/C11H8N4O/c16-8-6-12-14-11-9(8)10(13-15-11)7-4-2-1-3-5-7/h1-6H,(H2,13,14,15,16). The highest BCUT2D eigenvalue weighted by atomic mass is 16.3. The number of rotatable bonds is 1. The minimum atomic E-state index is 0.0811. The molecule has 2 aromatic heterocycles. The molecule has 0 amide bonds. The minimum absolute atomic E-state index is 0.0811. The lowest BCUT2D eigenvalue weighted by Gasteiger charge is -1.97. The van der Waals surface area contributed by atoms with E-state index in [4.69, 9.17) is 0 Å². The van der Waals surface area contributed by atoms with E-state index in [1.54, 1.807) is 0 Å². The normalized spacial score (nSPS) is 10.8. The largest absolute Gasteiger partial charge is 0.505 e. The van der Waals surface area contributed by atoms with Crippen LogP contribution in [0.25, 0.3) is 22.3 Å². The zero-order valence-electron chi connectivity index (χ0n) is 8.25. The molecular formula is C11H8N4O. The molecule has 2 N–H and O–H groups in total. The zero-order valence-corrected chi connectivity index (χ0v) is 8.25. The van der Waals surface area contributed by atoms with Crippen LogP contribution in [0.2, 0.25) is 0 Å². The number of fused-ring (bicyclic) bond motifs is 1. The molecule has 0 aliphatic carbocycles. The number of nitrogens with zero attached hydrogens (tertiary/aromatic N) is 3. The molecule has 1 aromatic carbocycles. The SMILES string of the molecule is Oc1cnnc2[nH]nc(-c3ccccc3)c12. The van der Waals surface area contributed by atoms with Gasteiger partial charge in [-0.2, -0.15) is 10.2 Å². The van der Waals surface area contributed by atoms with Crippen molar-refractivity contribution in [1.82, 2.24) is 20.4 Å². The molecular weight excluding hydrogens is 204 g/mol. The van der Waals surface area contributed by atoms with Crippen LogP contribution < -0.4 is 0 Å². The average molecular weight is 212 g/mol. The van der Waals surface area contributed by atoms with Gasteiger partial charge in [0.25, 0.3) is 0 Å². The lowest BCUT2D eigenvalue weighted by atomic mass is 10.1. The molecule has 5 nitrogen and oxygen atoms in total. The van der Waals surface area contributed by atoms with E-state index in [1.807, 2.05) is 30.3 Å². The Kier molecular flexibility index (Phi) is 1.83. The number of aromatic nitrogens is 4. The van der Waals surface area contributed by atoms with Gasteiger partial charge in [-0.1, -0.05) is 30.3 Å². The van der Waals surface area contributed by atoms with Crippen LogP contribution in [-0.4, -0.2) is 25.5 Å². The third-order valence-corrected chi connectivity index (χ3v) is 2.39. The van der Waals surface area contributed by atoms with Gasteiger partial charge >= 0.3 is 0 Å². The number of benzene rings is 1. The Hall–Kier alpha value is -2.43. The van der Waals surface area contributed by atoms with E-state index in [2.05, 4.69) is 20.4 Å². The fourth-order valence-electron chi connectivity index (χ4n) is 1.66. The van der Waals surface area contributed by atoms with Crippen molar-refractivity contribution in [3.8, 4) is 17.0 Å². The van der Waals surface area contributed by atoms with Crippen molar-refractivity contribution in [1.29, 1.82) is 0 Å². The fraction of sp³-hybridized carbons (Fsp3) is 0. The van der Waals surface area contributed by atoms with Gasteiger partial charge in [-0.15, -0.1) is 5.10 Å². The van der Waals surface area contributed by atoms with Crippen molar-refractivity contribution in [3.63, 3.8) is 0 Å². The quantitative estimate of drug-likeness (QED) is 0.644. The van der Waals surface area contributed by atoms with Gasteiger partial charge in [-0.05, 0) is 0 Å². The Morgan fingerprint density at radius 3 is 2.75 bits per heavy atom. The summed E-state index contributed by atoms with van der Waals surface area (Å²) in [5, 5.41) is 24.7. The first kappa shape index (κ1) is 8.84. The highest BCUT2D eigenvalue weighted by Gasteiger charge is 2.12. The highest BCUT2D eigenvalue weighted by molar-refractivity contribution is 5.94. The summed E-state index contributed by atoms with van der Waals surface area (Å²) < 4.78 is 0. The summed E-state index contributed by atoms with van der Waals surface area (Å²) in [5.74, 6) is 0.0811. The Bertz CT molecular complexity index is 633. The number of hydrogen-bond acceptors (Lipinski definition) is 4. The van der Waals surface area contributed by atoms with E-state index >= 15 is 0 Å². The molecule has 0 saturated carbocycles. The minimum Gasteiger partial charge on any atom is -0.505 e. The predicted octanol–water partition coefficient (Wildman–Crippen LogP) is 1.73. The van der Waals surface area contributed by atoms with E-state index in [-0.39, 0.29) is 5.75 Å². The second kappa shape index (κ2) is 3.30. The third-order valence-electron chi connectivity index (χ3n) is 2.39. The first-order chi connectivity index (χ1) is 7.86. The number of aromatic hydroxyl groups is 1. The van der Waals surface area contributed by atoms with Crippen molar-refractivity contribution in [3.05, 3.63) is 36.5 Å². The van der Waals surface area contributed by atoms with Crippen molar-refractivity contribution >= 4 is 11.0 Å². The molecule has 5 heteroatoms. The second-order valence-corrected chi connectivity index (χ2v) is 3.39. The molecule has 3 aromatic rings. The van der Waals surface area contributed by atoms with Crippen LogP contribution >= 0.6 is 0 Å². The maximum absolute atomic E-state index is 9.74. The molecule has 0 unspecified atom stereocenters. The summed E-state index contributed by atoms with van der Waals surface area (Å²) in [4.78, 5) is 0. The Balaban J connectivity index is 2.33. The van der Waals surface area contributed by atoms with Crippen molar-refractivity contribution in [2.24, 2.45) is 0 Å². The summed E-state index contributed by atoms with van der Waals surface area (Å²) in [5.41, 5.74) is 2.10. The zero-order chi connectivity index (χ0) is 11.0. The Labute approximate surface area is 90.8 Å². The number of aromatic amines is 1. The molecule has 0 aliphatic rings. The monoisotopic (exact) mass is 212 g/mol. The average Bonchev–Trinajstić information content (AvgIpc) is 2.75. The van der Waals surface area contributed by atoms with Gasteiger partial charge in [0.2, 0.25) is 0 Å². The molecule has 0 saturated heterocycles. The van der Waals surface area contributed by atoms with Gasteiger partial charge < -0.3 is 5.11 Å². The molecule has 2 heterocycles. The predicted molar refractivity (Wildman–Crippen MR) is 58.8 cm³/mol. The maximum atomic E-state index is 9.74. The number of H-pyrrole nitrogens is 1. The van der Waals surface area contributed by atoms with Crippen LogP contribution in [0.3, 0.4) is 0 Å². The fourth-order valence-corrected chi connectivity index (χ4v) is 1.66. The van der Waals surface area contributed by atoms with Crippen molar-refractivity contribution < 1.29 is 5.11 Å². The van der Waals surface area contributed by atoms with Gasteiger partial charge in [-0.3, -0.25) is 5.10 Å². The molecule has 16 heavy (non-hydrogen) atoms. The van der Waals surface area contributed by atoms with E-state index < -0.39 is 0 Å². The summed E-state index contributed by atoms with van der Waals surface area (Å²) in [6, 6.07) is 9.62. The van der Waals surface area contributed by atoms with Gasteiger partial charge in [0.1, 0.15) is 11.4 Å². The van der Waals surface area contributed by atoms with Gasteiger partial charge in [0.05, 0.1) is 11.6 Å². The molecule has 0 fully saturated rings. The molecule has 3 rings (SSSR count). The van der Waals surface area contributed by atoms with Crippen LogP contribution in [0.5, 0.6) is 5.75 Å². The van der Waals surface area contributed by atoms with Gasteiger partial charge in [0, 0.05) is 5.56 Å². The van der Waals surface area contributed by atoms with E-state index in [0.29, 0.717) is 16.7 Å². The summed E-state index contributed by atoms with van der Waals surface area (Å²) >= 11 is 0. The summed E-state index contributed by atoms with van der Waals surface area (Å²) in [6.07, 6.45) is 1.31. The molecule has 0 spiro atoms. The second-order valence-electron chi connectivity index (χ2n) is 3.39. The van der Waals surface area contributed by atoms with E-state index in [1.165, 1.54) is 6.20 Å². The van der Waals surface area contributed by atoms with Crippen molar-refractivity contribution in [2.45, 2.75) is 0 Å².